The van der Waals surface area contributed by atoms with Gasteiger partial charge in [-0.1, -0.05) is 6.07 Å². The van der Waals surface area contributed by atoms with Crippen molar-refractivity contribution in [3.63, 3.8) is 0 Å². The predicted octanol–water partition coefficient (Wildman–Crippen LogP) is 2.46. The molecule has 8 heteroatoms. The van der Waals surface area contributed by atoms with E-state index in [1.165, 1.54) is 34.4 Å². The molecule has 0 aliphatic carbocycles. The van der Waals surface area contributed by atoms with Gasteiger partial charge in [0.05, 0.1) is 25.3 Å². The SMILES string of the molecule is O=S(=O)(c1cnc[nH]1)N(Cc1ccco1)Cc1cccs1. The number of thiophene rings is 1. The number of nitrogens with one attached hydrogen (secondary N) is 1. The highest BCUT2D eigenvalue weighted by Gasteiger charge is 2.27. The summed E-state index contributed by atoms with van der Waals surface area (Å²) in [5.41, 5.74) is 0. The van der Waals surface area contributed by atoms with Crippen LogP contribution in [0.25, 0.3) is 0 Å². The van der Waals surface area contributed by atoms with Gasteiger partial charge < -0.3 is 9.40 Å². The van der Waals surface area contributed by atoms with Gasteiger partial charge in [-0.15, -0.1) is 11.3 Å². The van der Waals surface area contributed by atoms with Crippen molar-refractivity contribution in [2.24, 2.45) is 0 Å². The van der Waals surface area contributed by atoms with Gasteiger partial charge in [-0.2, -0.15) is 4.31 Å². The Kier molecular flexibility index (Phi) is 3.91. The van der Waals surface area contributed by atoms with Gasteiger partial charge in [0.1, 0.15) is 5.76 Å². The Hall–Kier alpha value is -1.90. The van der Waals surface area contributed by atoms with Crippen molar-refractivity contribution >= 4 is 21.4 Å². The third-order valence-electron chi connectivity index (χ3n) is 2.92. The summed E-state index contributed by atoms with van der Waals surface area (Å²) in [4.78, 5) is 7.39. The van der Waals surface area contributed by atoms with Crippen LogP contribution >= 0.6 is 11.3 Å². The summed E-state index contributed by atoms with van der Waals surface area (Å²) in [5, 5.41) is 1.99. The smallest absolute Gasteiger partial charge is 0.260 e. The summed E-state index contributed by atoms with van der Waals surface area (Å²) in [7, 11) is -3.65. The molecule has 0 aliphatic rings. The molecule has 0 atom stereocenters. The molecule has 0 saturated carbocycles. The second-order valence-corrected chi connectivity index (χ2v) is 7.29. The minimum atomic E-state index is -3.65. The first-order valence-electron chi connectivity index (χ1n) is 6.19. The average Bonchev–Trinajstić information content (AvgIpc) is 3.22. The van der Waals surface area contributed by atoms with Gasteiger partial charge in [-0.25, -0.2) is 13.4 Å². The number of hydrogen-bond acceptors (Lipinski definition) is 5. The topological polar surface area (TPSA) is 79.2 Å². The highest BCUT2D eigenvalue weighted by Crippen LogP contribution is 2.21. The number of sulfonamides is 1. The first kappa shape index (κ1) is 14.1. The normalized spacial score (nSPS) is 12.0. The zero-order valence-electron chi connectivity index (χ0n) is 11.0. The number of furan rings is 1. The molecule has 0 unspecified atom stereocenters. The van der Waals surface area contributed by atoms with E-state index < -0.39 is 10.0 Å². The van der Waals surface area contributed by atoms with Crippen molar-refractivity contribution in [1.29, 1.82) is 0 Å². The van der Waals surface area contributed by atoms with Crippen LogP contribution in [-0.4, -0.2) is 22.7 Å². The van der Waals surface area contributed by atoms with Crippen LogP contribution in [0.1, 0.15) is 10.6 Å². The minimum Gasteiger partial charge on any atom is -0.468 e. The molecule has 110 valence electrons. The Morgan fingerprint density at radius 3 is 2.81 bits per heavy atom. The van der Waals surface area contributed by atoms with Gasteiger partial charge in [0.2, 0.25) is 0 Å². The molecule has 3 heterocycles. The fourth-order valence-corrected chi connectivity index (χ4v) is 3.98. The third-order valence-corrected chi connectivity index (χ3v) is 5.49. The lowest BCUT2D eigenvalue weighted by Crippen LogP contribution is -2.30. The number of H-pyrrole nitrogens is 1. The van der Waals surface area contributed by atoms with Crippen LogP contribution in [0.3, 0.4) is 0 Å². The number of aromatic nitrogens is 2. The molecule has 1 N–H and O–H groups in total. The maximum atomic E-state index is 12.7. The molecular weight excluding hydrogens is 310 g/mol. The van der Waals surface area contributed by atoms with Crippen molar-refractivity contribution in [3.05, 3.63) is 59.1 Å². The molecule has 0 aliphatic heterocycles. The average molecular weight is 323 g/mol. The quantitative estimate of drug-likeness (QED) is 0.756. The molecule has 0 bridgehead atoms. The minimum absolute atomic E-state index is 0.0746. The van der Waals surface area contributed by atoms with E-state index in [0.717, 1.165) is 4.88 Å². The van der Waals surface area contributed by atoms with E-state index in [1.807, 2.05) is 17.5 Å². The maximum Gasteiger partial charge on any atom is 0.260 e. The largest absolute Gasteiger partial charge is 0.468 e. The zero-order valence-corrected chi connectivity index (χ0v) is 12.6. The van der Waals surface area contributed by atoms with Crippen molar-refractivity contribution < 1.29 is 12.8 Å². The van der Waals surface area contributed by atoms with E-state index >= 15 is 0 Å². The molecule has 0 radical (unpaired) electrons. The molecule has 6 nitrogen and oxygen atoms in total. The van der Waals surface area contributed by atoms with Crippen LogP contribution < -0.4 is 0 Å². The van der Waals surface area contributed by atoms with Crippen LogP contribution in [0.15, 0.2) is 57.9 Å². The lowest BCUT2D eigenvalue weighted by Gasteiger charge is -2.19. The van der Waals surface area contributed by atoms with Crippen molar-refractivity contribution in [1.82, 2.24) is 14.3 Å². The molecule has 0 saturated heterocycles. The lowest BCUT2D eigenvalue weighted by atomic mass is 10.4. The van der Waals surface area contributed by atoms with E-state index in [1.54, 1.807) is 12.1 Å². The number of imidazole rings is 1. The summed E-state index contributed by atoms with van der Waals surface area (Å²) >= 11 is 1.51. The number of aromatic amines is 1. The van der Waals surface area contributed by atoms with Crippen molar-refractivity contribution in [2.45, 2.75) is 18.1 Å². The van der Waals surface area contributed by atoms with E-state index in [0.29, 0.717) is 12.3 Å². The second kappa shape index (κ2) is 5.84. The Morgan fingerprint density at radius 1 is 1.29 bits per heavy atom. The molecule has 0 amide bonds. The fourth-order valence-electron chi connectivity index (χ4n) is 1.90. The van der Waals surface area contributed by atoms with Crippen molar-refractivity contribution in [3.8, 4) is 0 Å². The van der Waals surface area contributed by atoms with Crippen molar-refractivity contribution in [2.75, 3.05) is 0 Å². The first-order valence-corrected chi connectivity index (χ1v) is 8.51. The standard InChI is InChI=1S/C13H13N3O3S2/c17-21(18,13-7-14-10-15-13)16(8-11-3-1-5-19-11)9-12-4-2-6-20-12/h1-7,10H,8-9H2,(H,14,15). The Labute approximate surface area is 126 Å². The molecule has 3 aromatic heterocycles. The van der Waals surface area contributed by atoms with Gasteiger partial charge in [0.25, 0.3) is 10.0 Å². The summed E-state index contributed by atoms with van der Waals surface area (Å²) in [6, 6.07) is 7.29. The molecule has 0 spiro atoms. The molecule has 0 fully saturated rings. The van der Waals surface area contributed by atoms with Crippen LogP contribution in [0, 0.1) is 0 Å². The van der Waals surface area contributed by atoms with E-state index in [9.17, 15) is 8.42 Å². The Bertz CT molecular complexity index is 727. The van der Waals surface area contributed by atoms with E-state index in [4.69, 9.17) is 4.42 Å². The molecular formula is C13H13N3O3S2. The number of nitrogens with zero attached hydrogens (tertiary/aromatic N) is 2. The zero-order chi connectivity index (χ0) is 14.7. The third kappa shape index (κ3) is 3.07. The molecule has 0 aromatic carbocycles. The van der Waals surface area contributed by atoms with E-state index in [2.05, 4.69) is 9.97 Å². The van der Waals surface area contributed by atoms with Crippen LogP contribution in [-0.2, 0) is 23.1 Å². The number of hydrogen-bond donors (Lipinski definition) is 1. The Morgan fingerprint density at radius 2 is 2.19 bits per heavy atom. The van der Waals surface area contributed by atoms with Crippen LogP contribution in [0.5, 0.6) is 0 Å². The summed E-state index contributed by atoms with van der Waals surface area (Å²) in [6.07, 6.45) is 4.18. The monoisotopic (exact) mass is 323 g/mol. The van der Waals surface area contributed by atoms with Gasteiger partial charge in [-0.05, 0) is 23.6 Å². The molecule has 3 rings (SSSR count). The van der Waals surface area contributed by atoms with Crippen LogP contribution in [0.4, 0.5) is 0 Å². The van der Waals surface area contributed by atoms with Gasteiger partial charge in [0, 0.05) is 11.4 Å². The maximum absolute atomic E-state index is 12.7. The summed E-state index contributed by atoms with van der Waals surface area (Å²) < 4.78 is 32.0. The predicted molar refractivity (Wildman–Crippen MR) is 78.0 cm³/mol. The summed E-state index contributed by atoms with van der Waals surface area (Å²) in [5.74, 6) is 0.592. The Balaban J connectivity index is 1.91. The van der Waals surface area contributed by atoms with E-state index in [-0.39, 0.29) is 11.6 Å². The summed E-state index contributed by atoms with van der Waals surface area (Å²) in [6.45, 7) is 0.464. The highest BCUT2D eigenvalue weighted by atomic mass is 32.2. The molecule has 3 aromatic rings. The lowest BCUT2D eigenvalue weighted by molar-refractivity contribution is 0.359. The van der Waals surface area contributed by atoms with Gasteiger partial charge in [0.15, 0.2) is 5.03 Å². The van der Waals surface area contributed by atoms with Gasteiger partial charge >= 0.3 is 0 Å². The number of rotatable bonds is 6. The molecule has 21 heavy (non-hydrogen) atoms. The highest BCUT2D eigenvalue weighted by molar-refractivity contribution is 7.89. The van der Waals surface area contributed by atoms with Crippen LogP contribution in [0.2, 0.25) is 0 Å². The fraction of sp³-hybridized carbons (Fsp3) is 0.154. The first-order chi connectivity index (χ1) is 10.2. The second-order valence-electron chi connectivity index (χ2n) is 4.35. The van der Waals surface area contributed by atoms with Gasteiger partial charge in [-0.3, -0.25) is 0 Å².